The van der Waals surface area contributed by atoms with Crippen LogP contribution in [0, 0.1) is 0 Å². The maximum atomic E-state index is 11.9. The zero-order chi connectivity index (χ0) is 7.78. The summed E-state index contributed by atoms with van der Waals surface area (Å²) in [5.41, 5.74) is 0. The SMILES string of the molecule is Cl.NN1CCCC1C(F)(F)F. The molecule has 2 nitrogen and oxygen atoms in total. The molecule has 0 radical (unpaired) electrons. The molecular weight excluding hydrogens is 181 g/mol. The van der Waals surface area contributed by atoms with Gasteiger partial charge in [0, 0.05) is 6.54 Å². The molecular formula is C5H10ClF3N2. The van der Waals surface area contributed by atoms with Gasteiger partial charge in [-0.3, -0.25) is 5.84 Å². The Bertz CT molecular complexity index is 127. The predicted molar refractivity (Wildman–Crippen MR) is 37.2 cm³/mol. The fourth-order valence-corrected chi connectivity index (χ4v) is 1.14. The van der Waals surface area contributed by atoms with Crippen molar-refractivity contribution < 1.29 is 13.2 Å². The van der Waals surface area contributed by atoms with Gasteiger partial charge in [-0.05, 0) is 12.8 Å². The molecule has 2 N–H and O–H groups in total. The van der Waals surface area contributed by atoms with E-state index in [-0.39, 0.29) is 18.8 Å². The Labute approximate surface area is 68.9 Å². The Hall–Kier alpha value is -0.0000000000000000555. The summed E-state index contributed by atoms with van der Waals surface area (Å²) >= 11 is 0. The molecule has 0 bridgehead atoms. The average Bonchev–Trinajstić information content (AvgIpc) is 2.11. The van der Waals surface area contributed by atoms with Crippen molar-refractivity contribution in [3.05, 3.63) is 0 Å². The average molecular weight is 191 g/mol. The van der Waals surface area contributed by atoms with E-state index >= 15 is 0 Å². The molecule has 1 heterocycles. The lowest BCUT2D eigenvalue weighted by atomic mass is 10.2. The van der Waals surface area contributed by atoms with Crippen molar-refractivity contribution in [3.63, 3.8) is 0 Å². The van der Waals surface area contributed by atoms with Gasteiger partial charge in [-0.15, -0.1) is 12.4 Å². The van der Waals surface area contributed by atoms with Crippen LogP contribution in [0.5, 0.6) is 0 Å². The van der Waals surface area contributed by atoms with Crippen LogP contribution in [0.4, 0.5) is 13.2 Å². The van der Waals surface area contributed by atoms with Crippen molar-refractivity contribution in [2.75, 3.05) is 6.54 Å². The largest absolute Gasteiger partial charge is 0.405 e. The van der Waals surface area contributed by atoms with Crippen LogP contribution in [0.25, 0.3) is 0 Å². The molecule has 0 spiro atoms. The predicted octanol–water partition coefficient (Wildman–Crippen LogP) is 1.31. The minimum Gasteiger partial charge on any atom is -0.268 e. The van der Waals surface area contributed by atoms with Crippen LogP contribution in [0.3, 0.4) is 0 Å². The van der Waals surface area contributed by atoms with Gasteiger partial charge in [-0.2, -0.15) is 13.2 Å². The first kappa shape index (κ1) is 11.0. The summed E-state index contributed by atoms with van der Waals surface area (Å²) in [7, 11) is 0. The van der Waals surface area contributed by atoms with Gasteiger partial charge in [0.25, 0.3) is 0 Å². The van der Waals surface area contributed by atoms with E-state index < -0.39 is 12.2 Å². The first-order chi connectivity index (χ1) is 4.52. The maximum Gasteiger partial charge on any atom is 0.405 e. The Morgan fingerprint density at radius 2 is 1.91 bits per heavy atom. The van der Waals surface area contributed by atoms with Gasteiger partial charge < -0.3 is 0 Å². The van der Waals surface area contributed by atoms with E-state index in [2.05, 4.69) is 0 Å². The van der Waals surface area contributed by atoms with Gasteiger partial charge in [0.1, 0.15) is 6.04 Å². The minimum atomic E-state index is -4.15. The van der Waals surface area contributed by atoms with E-state index in [9.17, 15) is 13.2 Å². The third-order valence-electron chi connectivity index (χ3n) is 1.67. The highest BCUT2D eigenvalue weighted by Crippen LogP contribution is 2.30. The summed E-state index contributed by atoms with van der Waals surface area (Å²) in [4.78, 5) is 0. The van der Waals surface area contributed by atoms with Crippen molar-refractivity contribution >= 4 is 12.4 Å². The van der Waals surface area contributed by atoms with Crippen molar-refractivity contribution in [1.29, 1.82) is 0 Å². The lowest BCUT2D eigenvalue weighted by Gasteiger charge is -2.21. The van der Waals surface area contributed by atoms with Crippen LogP contribution in [0.2, 0.25) is 0 Å². The molecule has 0 aromatic heterocycles. The standard InChI is InChI=1S/C5H9F3N2.ClH/c6-5(7,8)4-2-1-3-10(4)9;/h4H,1-3,9H2;1H. The zero-order valence-electron chi connectivity index (χ0n) is 5.77. The van der Waals surface area contributed by atoms with Gasteiger partial charge in [0.05, 0.1) is 0 Å². The molecule has 0 aromatic rings. The van der Waals surface area contributed by atoms with Crippen LogP contribution in [-0.2, 0) is 0 Å². The fourth-order valence-electron chi connectivity index (χ4n) is 1.14. The summed E-state index contributed by atoms with van der Waals surface area (Å²) in [5, 5.41) is 0.861. The molecule has 11 heavy (non-hydrogen) atoms. The van der Waals surface area contributed by atoms with Crippen LogP contribution < -0.4 is 5.84 Å². The summed E-state index contributed by atoms with van der Waals surface area (Å²) in [5.74, 6) is 5.08. The Morgan fingerprint density at radius 1 is 1.36 bits per heavy atom. The van der Waals surface area contributed by atoms with E-state index in [1.165, 1.54) is 0 Å². The monoisotopic (exact) mass is 190 g/mol. The number of hydrogen-bond acceptors (Lipinski definition) is 2. The summed E-state index contributed by atoms with van der Waals surface area (Å²) in [6.45, 7) is 0.351. The second kappa shape index (κ2) is 3.60. The number of hydrogen-bond donors (Lipinski definition) is 1. The third-order valence-corrected chi connectivity index (χ3v) is 1.67. The highest BCUT2D eigenvalue weighted by atomic mass is 35.5. The number of halogens is 4. The zero-order valence-corrected chi connectivity index (χ0v) is 6.58. The van der Waals surface area contributed by atoms with Gasteiger partial charge in [-0.1, -0.05) is 0 Å². The van der Waals surface area contributed by atoms with Crippen molar-refractivity contribution in [2.45, 2.75) is 25.1 Å². The fraction of sp³-hybridized carbons (Fsp3) is 1.00. The van der Waals surface area contributed by atoms with Crippen LogP contribution >= 0.6 is 12.4 Å². The van der Waals surface area contributed by atoms with Gasteiger partial charge in [-0.25, -0.2) is 5.01 Å². The lowest BCUT2D eigenvalue weighted by molar-refractivity contribution is -0.176. The molecule has 1 rings (SSSR count). The molecule has 1 fully saturated rings. The number of rotatable bonds is 0. The van der Waals surface area contributed by atoms with Crippen LogP contribution in [-0.4, -0.2) is 23.8 Å². The smallest absolute Gasteiger partial charge is 0.268 e. The summed E-state index contributed by atoms with van der Waals surface area (Å²) < 4.78 is 35.7. The molecule has 6 heteroatoms. The van der Waals surface area contributed by atoms with Crippen LogP contribution in [0.15, 0.2) is 0 Å². The molecule has 1 unspecified atom stereocenters. The van der Waals surface area contributed by atoms with Gasteiger partial charge >= 0.3 is 6.18 Å². The normalized spacial score (nSPS) is 26.7. The van der Waals surface area contributed by atoms with Crippen LogP contribution in [0.1, 0.15) is 12.8 Å². The molecule has 0 amide bonds. The van der Waals surface area contributed by atoms with Crippen molar-refractivity contribution in [3.8, 4) is 0 Å². The number of nitrogens with zero attached hydrogens (tertiary/aromatic N) is 1. The first-order valence-corrected chi connectivity index (χ1v) is 3.10. The molecule has 68 valence electrons. The molecule has 0 saturated carbocycles. The Morgan fingerprint density at radius 3 is 2.09 bits per heavy atom. The molecule has 0 aliphatic carbocycles. The second-order valence-corrected chi connectivity index (χ2v) is 2.44. The van der Waals surface area contributed by atoms with Crippen molar-refractivity contribution in [2.24, 2.45) is 5.84 Å². The highest BCUT2D eigenvalue weighted by molar-refractivity contribution is 5.85. The minimum absolute atomic E-state index is 0. The van der Waals surface area contributed by atoms with E-state index in [0.29, 0.717) is 13.0 Å². The lowest BCUT2D eigenvalue weighted by Crippen LogP contribution is -2.45. The topological polar surface area (TPSA) is 29.3 Å². The Balaban J connectivity index is 0.000001000. The molecule has 1 atom stereocenters. The molecule has 1 aliphatic rings. The van der Waals surface area contributed by atoms with Gasteiger partial charge in [0.2, 0.25) is 0 Å². The van der Waals surface area contributed by atoms with Gasteiger partial charge in [0.15, 0.2) is 0 Å². The summed E-state index contributed by atoms with van der Waals surface area (Å²) in [6.07, 6.45) is -3.47. The second-order valence-electron chi connectivity index (χ2n) is 2.44. The first-order valence-electron chi connectivity index (χ1n) is 3.10. The van der Waals surface area contributed by atoms with E-state index in [1.54, 1.807) is 0 Å². The summed E-state index contributed by atoms with van der Waals surface area (Å²) in [6, 6.07) is -1.41. The molecule has 1 aliphatic heterocycles. The van der Waals surface area contributed by atoms with E-state index in [4.69, 9.17) is 5.84 Å². The highest BCUT2D eigenvalue weighted by Gasteiger charge is 2.44. The van der Waals surface area contributed by atoms with E-state index in [0.717, 1.165) is 5.01 Å². The maximum absolute atomic E-state index is 11.9. The third kappa shape index (κ3) is 2.50. The van der Waals surface area contributed by atoms with E-state index in [1.807, 2.05) is 0 Å². The number of hydrazine groups is 1. The number of nitrogens with two attached hydrogens (primary N) is 1. The quantitative estimate of drug-likeness (QED) is 0.584. The Kier molecular flexibility index (Phi) is 3.60. The molecule has 0 aromatic carbocycles. The molecule has 1 saturated heterocycles. The number of alkyl halides is 3. The van der Waals surface area contributed by atoms with Crippen molar-refractivity contribution in [1.82, 2.24) is 5.01 Å².